The van der Waals surface area contributed by atoms with Gasteiger partial charge < -0.3 is 4.98 Å². The van der Waals surface area contributed by atoms with E-state index in [1.54, 1.807) is 37.9 Å². The molecule has 2 N–H and O–H groups in total. The van der Waals surface area contributed by atoms with E-state index in [2.05, 4.69) is 30.1 Å². The predicted molar refractivity (Wildman–Crippen MR) is 121 cm³/mol. The fourth-order valence-corrected chi connectivity index (χ4v) is 4.45. The molecule has 32 heavy (non-hydrogen) atoms. The van der Waals surface area contributed by atoms with E-state index in [1.165, 1.54) is 11.3 Å². The summed E-state index contributed by atoms with van der Waals surface area (Å²) in [5.41, 5.74) is 5.83. The van der Waals surface area contributed by atoms with Crippen LogP contribution in [-0.4, -0.2) is 45.9 Å². The summed E-state index contributed by atoms with van der Waals surface area (Å²) in [6.07, 6.45) is 8.41. The topological polar surface area (TPSA) is 126 Å². The van der Waals surface area contributed by atoms with Gasteiger partial charge in [-0.2, -0.15) is 5.10 Å². The standard InChI is InChI=1S/C22H14N8OS/c1-11(31)17-4-5-18(32-17)12-8-24-10-16-19(12)28-22(27-16)21-20-14(29-30-21)3-2-13(26-20)15-9-23-6-7-25-15/h2-10H,1H3,(H,27,28)(H,29,30). The van der Waals surface area contributed by atoms with Gasteiger partial charge in [-0.05, 0) is 31.2 Å². The number of Topliss-reactive ketones (excluding diaryl/α,β-unsaturated/α-hetero) is 1. The lowest BCUT2D eigenvalue weighted by atomic mass is 10.2. The number of carbonyl (C=O) groups is 1. The molecule has 0 spiro atoms. The van der Waals surface area contributed by atoms with Crippen molar-refractivity contribution >= 4 is 39.2 Å². The molecule has 0 aliphatic carbocycles. The second kappa shape index (κ2) is 7.13. The maximum Gasteiger partial charge on any atom is 0.169 e. The summed E-state index contributed by atoms with van der Waals surface area (Å²) in [5.74, 6) is 0.615. The number of hydrogen-bond donors (Lipinski definition) is 2. The Hall–Kier alpha value is -4.31. The molecule has 0 radical (unpaired) electrons. The zero-order valence-corrected chi connectivity index (χ0v) is 17.5. The number of nitrogens with one attached hydrogen (secondary N) is 2. The SMILES string of the molecule is CC(=O)c1ccc(-c2cncc3[nH]c(-c4n[nH]c5ccc(-c6cnccn6)nc45)nc23)s1. The highest BCUT2D eigenvalue weighted by Crippen LogP contribution is 2.34. The molecular weight excluding hydrogens is 424 g/mol. The molecule has 0 aliphatic rings. The predicted octanol–water partition coefficient (Wildman–Crippen LogP) is 4.28. The minimum atomic E-state index is 0.0390. The van der Waals surface area contributed by atoms with Gasteiger partial charge in [0.15, 0.2) is 17.3 Å². The Morgan fingerprint density at radius 2 is 1.84 bits per heavy atom. The van der Waals surface area contributed by atoms with Crippen LogP contribution in [0.3, 0.4) is 0 Å². The minimum Gasteiger partial charge on any atom is -0.335 e. The van der Waals surface area contributed by atoms with E-state index >= 15 is 0 Å². The number of ketones is 1. The first-order valence-electron chi connectivity index (χ1n) is 9.74. The fourth-order valence-electron chi connectivity index (χ4n) is 3.54. The number of aromatic nitrogens is 8. The molecule has 0 fully saturated rings. The van der Waals surface area contributed by atoms with Crippen LogP contribution < -0.4 is 0 Å². The summed E-state index contributed by atoms with van der Waals surface area (Å²) in [7, 11) is 0. The van der Waals surface area contributed by atoms with E-state index in [0.29, 0.717) is 33.3 Å². The molecule has 6 aromatic heterocycles. The number of pyridine rings is 2. The summed E-state index contributed by atoms with van der Waals surface area (Å²) in [6.45, 7) is 1.56. The lowest BCUT2D eigenvalue weighted by Crippen LogP contribution is -1.89. The van der Waals surface area contributed by atoms with Gasteiger partial charge in [-0.3, -0.25) is 24.8 Å². The van der Waals surface area contributed by atoms with Crippen LogP contribution in [0.25, 0.3) is 55.4 Å². The van der Waals surface area contributed by atoms with Crippen LogP contribution >= 0.6 is 11.3 Å². The quantitative estimate of drug-likeness (QED) is 0.393. The number of rotatable bonds is 4. The molecular formula is C22H14N8OS. The number of H-pyrrole nitrogens is 2. The van der Waals surface area contributed by atoms with E-state index in [9.17, 15) is 4.79 Å². The van der Waals surface area contributed by atoms with Crippen molar-refractivity contribution in [2.24, 2.45) is 0 Å². The van der Waals surface area contributed by atoms with Crippen LogP contribution in [0.15, 0.2) is 55.2 Å². The van der Waals surface area contributed by atoms with E-state index in [-0.39, 0.29) is 5.78 Å². The van der Waals surface area contributed by atoms with Gasteiger partial charge in [0, 0.05) is 29.0 Å². The van der Waals surface area contributed by atoms with Gasteiger partial charge >= 0.3 is 0 Å². The monoisotopic (exact) mass is 438 g/mol. The van der Waals surface area contributed by atoms with E-state index in [4.69, 9.17) is 9.97 Å². The highest BCUT2D eigenvalue weighted by Gasteiger charge is 2.18. The summed E-state index contributed by atoms with van der Waals surface area (Å²) in [6, 6.07) is 7.53. The van der Waals surface area contributed by atoms with Gasteiger partial charge in [0.1, 0.15) is 16.7 Å². The molecule has 6 rings (SSSR count). The number of imidazole rings is 1. The van der Waals surface area contributed by atoms with E-state index in [1.807, 2.05) is 24.3 Å². The number of nitrogens with zero attached hydrogens (tertiary/aromatic N) is 6. The third kappa shape index (κ3) is 2.96. The highest BCUT2D eigenvalue weighted by atomic mass is 32.1. The van der Waals surface area contributed by atoms with Crippen molar-refractivity contribution in [1.29, 1.82) is 0 Å². The van der Waals surface area contributed by atoms with Gasteiger partial charge in [-0.15, -0.1) is 11.3 Å². The first-order valence-corrected chi connectivity index (χ1v) is 10.6. The van der Waals surface area contributed by atoms with Crippen LogP contribution in [0.2, 0.25) is 0 Å². The zero-order valence-electron chi connectivity index (χ0n) is 16.7. The molecule has 6 aromatic rings. The van der Waals surface area contributed by atoms with Crippen LogP contribution in [0.4, 0.5) is 0 Å². The molecule has 0 amide bonds. The van der Waals surface area contributed by atoms with E-state index < -0.39 is 0 Å². The van der Waals surface area contributed by atoms with Crippen molar-refractivity contribution in [3.63, 3.8) is 0 Å². The molecule has 0 bridgehead atoms. The van der Waals surface area contributed by atoms with E-state index in [0.717, 1.165) is 27.0 Å². The van der Waals surface area contributed by atoms with Gasteiger partial charge in [0.05, 0.1) is 34.0 Å². The first kappa shape index (κ1) is 18.5. The average Bonchev–Trinajstić information content (AvgIpc) is 3.56. The van der Waals surface area contributed by atoms with Gasteiger partial charge in [-0.1, -0.05) is 0 Å². The maximum atomic E-state index is 11.7. The number of hydrogen-bond acceptors (Lipinski definition) is 8. The van der Waals surface area contributed by atoms with Crippen molar-refractivity contribution in [2.45, 2.75) is 6.92 Å². The Balaban J connectivity index is 1.49. The molecule has 0 saturated heterocycles. The third-order valence-corrected chi connectivity index (χ3v) is 6.29. The van der Waals surface area contributed by atoms with Crippen molar-refractivity contribution < 1.29 is 4.79 Å². The number of fused-ring (bicyclic) bond motifs is 2. The van der Waals surface area contributed by atoms with Gasteiger partial charge in [0.2, 0.25) is 0 Å². The average molecular weight is 438 g/mol. The van der Waals surface area contributed by atoms with Crippen molar-refractivity contribution in [3.8, 4) is 33.3 Å². The van der Waals surface area contributed by atoms with Crippen LogP contribution in [0.5, 0.6) is 0 Å². The lowest BCUT2D eigenvalue weighted by molar-refractivity contribution is 0.102. The Kier molecular flexibility index (Phi) is 4.12. The molecule has 6 heterocycles. The van der Waals surface area contributed by atoms with Crippen molar-refractivity contribution in [2.75, 3.05) is 0 Å². The molecule has 10 heteroatoms. The molecule has 0 atom stereocenters. The lowest BCUT2D eigenvalue weighted by Gasteiger charge is -1.99. The number of aromatic amines is 2. The second-order valence-electron chi connectivity index (χ2n) is 7.14. The number of thiophene rings is 1. The summed E-state index contributed by atoms with van der Waals surface area (Å²) < 4.78 is 0. The Labute approximate surface area is 184 Å². The molecule has 0 unspecified atom stereocenters. The molecule has 0 aromatic carbocycles. The summed E-state index contributed by atoms with van der Waals surface area (Å²) in [5, 5.41) is 7.46. The first-order chi connectivity index (χ1) is 15.7. The van der Waals surface area contributed by atoms with Crippen LogP contribution in [-0.2, 0) is 0 Å². The molecule has 9 nitrogen and oxygen atoms in total. The largest absolute Gasteiger partial charge is 0.335 e. The smallest absolute Gasteiger partial charge is 0.169 e. The van der Waals surface area contributed by atoms with Gasteiger partial charge in [0.25, 0.3) is 0 Å². The minimum absolute atomic E-state index is 0.0390. The van der Waals surface area contributed by atoms with Crippen molar-refractivity contribution in [1.82, 2.24) is 40.1 Å². The molecule has 0 saturated carbocycles. The second-order valence-corrected chi connectivity index (χ2v) is 8.23. The molecule has 154 valence electrons. The third-order valence-electron chi connectivity index (χ3n) is 5.07. The Morgan fingerprint density at radius 3 is 2.66 bits per heavy atom. The van der Waals surface area contributed by atoms with Crippen molar-refractivity contribution in [3.05, 3.63) is 60.1 Å². The highest BCUT2D eigenvalue weighted by molar-refractivity contribution is 7.17. The summed E-state index contributed by atoms with van der Waals surface area (Å²) >= 11 is 1.43. The Bertz CT molecular complexity index is 1620. The van der Waals surface area contributed by atoms with Gasteiger partial charge in [-0.25, -0.2) is 9.97 Å². The number of carbonyl (C=O) groups excluding carboxylic acids is 1. The normalized spacial score (nSPS) is 11.4. The molecule has 0 aliphatic heterocycles. The Morgan fingerprint density at radius 1 is 0.906 bits per heavy atom. The van der Waals surface area contributed by atoms with Crippen LogP contribution in [0, 0.1) is 0 Å². The van der Waals surface area contributed by atoms with Crippen LogP contribution in [0.1, 0.15) is 16.6 Å². The maximum absolute atomic E-state index is 11.7. The fraction of sp³-hybridized carbons (Fsp3) is 0.0455. The summed E-state index contributed by atoms with van der Waals surface area (Å²) in [4.78, 5) is 39.0. The zero-order chi connectivity index (χ0) is 21.7.